The Morgan fingerprint density at radius 2 is 1.54 bits per heavy atom. The van der Waals surface area contributed by atoms with E-state index in [1.807, 2.05) is 0 Å². The van der Waals surface area contributed by atoms with Crippen molar-refractivity contribution in [3.8, 4) is 0 Å². The number of aromatic nitrogens is 1. The lowest BCUT2D eigenvalue weighted by molar-refractivity contribution is -0.137. The highest BCUT2D eigenvalue weighted by molar-refractivity contribution is 6.18. The first-order valence-corrected chi connectivity index (χ1v) is 8.65. The van der Waals surface area contributed by atoms with E-state index in [9.17, 15) is 31.1 Å². The smallest absolute Gasteiger partial charge is 0.284 e. The molecule has 0 bridgehead atoms. The van der Waals surface area contributed by atoms with Crippen molar-refractivity contribution in [2.75, 3.05) is 0 Å². The largest absolute Gasteiger partial charge is 0.454 e. The number of halogens is 6. The number of aryl methyl sites for hydroxylation is 1. The highest BCUT2D eigenvalue weighted by Crippen LogP contribution is 2.43. The number of rotatable bonds is 1. The molecule has 3 aromatic rings. The minimum absolute atomic E-state index is 0.0203. The summed E-state index contributed by atoms with van der Waals surface area (Å²) in [5, 5.41) is -0.417. The molecule has 0 N–H and O–H groups in total. The molecule has 0 atom stereocenters. The molecule has 1 heterocycles. The Hall–Kier alpha value is -2.64. The lowest BCUT2D eigenvalue weighted by Crippen LogP contribution is -2.23. The van der Waals surface area contributed by atoms with Gasteiger partial charge < -0.3 is 0 Å². The van der Waals surface area contributed by atoms with Crippen molar-refractivity contribution in [2.45, 2.75) is 38.0 Å². The predicted molar refractivity (Wildman–Crippen MR) is 91.3 cm³/mol. The van der Waals surface area contributed by atoms with Crippen LogP contribution in [0.5, 0.6) is 0 Å². The molecule has 2 nitrogen and oxygen atoms in total. The van der Waals surface area contributed by atoms with E-state index in [0.29, 0.717) is 31.0 Å². The summed E-state index contributed by atoms with van der Waals surface area (Å²) in [7, 11) is 0. The van der Waals surface area contributed by atoms with Crippen molar-refractivity contribution < 1.29 is 31.1 Å². The summed E-state index contributed by atoms with van der Waals surface area (Å²) in [5.41, 5.74) is -1.45. The summed E-state index contributed by atoms with van der Waals surface area (Å²) in [5.74, 6) is -2.17. The number of fused-ring (bicyclic) bond motifs is 4. The molecule has 4 rings (SSSR count). The molecule has 1 aromatic heterocycles. The van der Waals surface area contributed by atoms with Crippen LogP contribution in [0.3, 0.4) is 0 Å². The summed E-state index contributed by atoms with van der Waals surface area (Å²) in [6.45, 7) is 0. The fraction of sp³-hybridized carbons (Fsp3) is 0.300. The maximum absolute atomic E-state index is 13.9. The second-order valence-electron chi connectivity index (χ2n) is 6.81. The molecule has 0 amide bonds. The maximum atomic E-state index is 13.9. The number of hydrogen-bond donors (Lipinski definition) is 0. The average molecular weight is 397 g/mol. The van der Waals surface area contributed by atoms with Crippen LogP contribution in [0.1, 0.15) is 40.0 Å². The number of hydrogen-bond acceptors (Lipinski definition) is 2. The maximum Gasteiger partial charge on any atom is 0.454 e. The van der Waals surface area contributed by atoms with Crippen LogP contribution in [0.2, 0.25) is 0 Å². The van der Waals surface area contributed by atoms with Gasteiger partial charge in [-0.1, -0.05) is 24.3 Å². The van der Waals surface area contributed by atoms with Gasteiger partial charge in [0.2, 0.25) is 0 Å². The van der Waals surface area contributed by atoms with E-state index in [4.69, 9.17) is 0 Å². The van der Waals surface area contributed by atoms with Gasteiger partial charge in [0, 0.05) is 22.0 Å². The summed E-state index contributed by atoms with van der Waals surface area (Å²) >= 11 is 0. The van der Waals surface area contributed by atoms with Gasteiger partial charge in [0.1, 0.15) is 0 Å². The molecule has 1 aliphatic carbocycles. The molecule has 0 spiro atoms. The third-order valence-electron chi connectivity index (χ3n) is 5.06. The van der Waals surface area contributed by atoms with Crippen molar-refractivity contribution in [1.29, 1.82) is 0 Å². The number of nitrogens with zero attached hydrogens (tertiary/aromatic N) is 1. The predicted octanol–water partition coefficient (Wildman–Crippen LogP) is 6.03. The monoisotopic (exact) mass is 397 g/mol. The van der Waals surface area contributed by atoms with Crippen LogP contribution < -0.4 is 0 Å². The van der Waals surface area contributed by atoms with Crippen LogP contribution in [-0.4, -0.2) is 16.9 Å². The highest BCUT2D eigenvalue weighted by atomic mass is 19.4. The molecule has 0 saturated carbocycles. The lowest BCUT2D eigenvalue weighted by Gasteiger charge is -2.23. The van der Waals surface area contributed by atoms with Gasteiger partial charge in [0.15, 0.2) is 0 Å². The highest BCUT2D eigenvalue weighted by Gasteiger charge is 2.42. The number of benzene rings is 2. The summed E-state index contributed by atoms with van der Waals surface area (Å²) in [6.07, 6.45) is -8.19. The topological polar surface area (TPSA) is 30.0 Å². The average Bonchev–Trinajstić information content (AvgIpc) is 2.63. The van der Waals surface area contributed by atoms with E-state index in [0.717, 1.165) is 0 Å². The first-order valence-electron chi connectivity index (χ1n) is 8.65. The van der Waals surface area contributed by atoms with E-state index in [1.54, 1.807) is 0 Å². The van der Waals surface area contributed by atoms with Crippen molar-refractivity contribution >= 4 is 27.5 Å². The van der Waals surface area contributed by atoms with Crippen molar-refractivity contribution in [1.82, 2.24) is 4.98 Å². The van der Waals surface area contributed by atoms with E-state index in [-0.39, 0.29) is 28.3 Å². The fourth-order valence-corrected chi connectivity index (χ4v) is 3.91. The third-order valence-corrected chi connectivity index (χ3v) is 5.06. The van der Waals surface area contributed by atoms with Gasteiger partial charge in [-0.3, -0.25) is 9.78 Å². The molecular weight excluding hydrogens is 384 g/mol. The number of pyridine rings is 1. The van der Waals surface area contributed by atoms with Gasteiger partial charge in [0.05, 0.1) is 11.1 Å². The van der Waals surface area contributed by atoms with Crippen molar-refractivity contribution in [3.63, 3.8) is 0 Å². The minimum Gasteiger partial charge on any atom is -0.284 e. The fourth-order valence-electron chi connectivity index (χ4n) is 3.91. The Morgan fingerprint density at radius 1 is 0.893 bits per heavy atom. The first kappa shape index (κ1) is 18.7. The molecule has 0 unspecified atom stereocenters. The molecule has 2 aromatic carbocycles. The molecule has 0 saturated heterocycles. The Bertz CT molecular complexity index is 1110. The van der Waals surface area contributed by atoms with Gasteiger partial charge in [0.25, 0.3) is 5.78 Å². The molecule has 0 radical (unpaired) electrons. The number of alkyl halides is 6. The quantitative estimate of drug-likeness (QED) is 0.285. The standard InChI is InChI=1S/C20H13F6NO/c21-19(22,23)16-12-7-3-4-8-15(12)27-17-11-6-2-1-5-10(11)13(9-14(16)17)18(28)20(24,25)26/h1-2,5-6,9H,3-4,7-8H2. The van der Waals surface area contributed by atoms with Gasteiger partial charge in [-0.2, -0.15) is 26.3 Å². The second kappa shape index (κ2) is 6.18. The Kier molecular flexibility index (Phi) is 4.13. The Labute approximate surface area is 155 Å². The molecule has 0 aliphatic heterocycles. The summed E-state index contributed by atoms with van der Waals surface area (Å²) < 4.78 is 81.1. The molecule has 28 heavy (non-hydrogen) atoms. The minimum atomic E-state index is -5.20. The molecular formula is C20H13F6NO. The second-order valence-corrected chi connectivity index (χ2v) is 6.81. The van der Waals surface area contributed by atoms with Crippen LogP contribution in [0.15, 0.2) is 30.3 Å². The van der Waals surface area contributed by atoms with E-state index in [1.165, 1.54) is 24.3 Å². The van der Waals surface area contributed by atoms with Crippen LogP contribution in [0.4, 0.5) is 26.3 Å². The number of ketones is 1. The van der Waals surface area contributed by atoms with Crippen LogP contribution in [0, 0.1) is 0 Å². The number of carbonyl (C=O) groups is 1. The van der Waals surface area contributed by atoms with Crippen LogP contribution >= 0.6 is 0 Å². The van der Waals surface area contributed by atoms with E-state index in [2.05, 4.69) is 4.98 Å². The number of carbonyl (C=O) groups excluding carboxylic acids is 1. The first-order chi connectivity index (χ1) is 13.1. The van der Waals surface area contributed by atoms with E-state index < -0.39 is 34.6 Å². The van der Waals surface area contributed by atoms with E-state index >= 15 is 0 Å². The van der Waals surface area contributed by atoms with Crippen molar-refractivity contribution in [2.24, 2.45) is 0 Å². The zero-order valence-electron chi connectivity index (χ0n) is 14.3. The Morgan fingerprint density at radius 3 is 2.18 bits per heavy atom. The molecule has 8 heteroatoms. The van der Waals surface area contributed by atoms with Gasteiger partial charge >= 0.3 is 12.4 Å². The zero-order valence-corrected chi connectivity index (χ0v) is 14.3. The number of Topliss-reactive ketones (excluding diaryl/α,β-unsaturated/α-hetero) is 1. The molecule has 146 valence electrons. The summed E-state index contributed by atoms with van der Waals surface area (Å²) in [6, 6.07) is 6.33. The van der Waals surface area contributed by atoms with Crippen molar-refractivity contribution in [3.05, 3.63) is 52.7 Å². The van der Waals surface area contributed by atoms with Gasteiger partial charge in [-0.05, 0) is 42.7 Å². The normalized spacial score (nSPS) is 15.1. The molecule has 1 aliphatic rings. The Balaban J connectivity index is 2.20. The van der Waals surface area contributed by atoms with Gasteiger partial charge in [-0.25, -0.2) is 0 Å². The third kappa shape index (κ3) is 2.91. The lowest BCUT2D eigenvalue weighted by atomic mass is 9.87. The SMILES string of the molecule is O=C(c1cc2c(C(F)(F)F)c3c(nc2c2ccccc12)CCCC3)C(F)(F)F. The zero-order chi connectivity index (χ0) is 20.3. The molecule has 0 fully saturated rings. The van der Waals surface area contributed by atoms with Crippen LogP contribution in [-0.2, 0) is 19.0 Å². The summed E-state index contributed by atoms with van der Waals surface area (Å²) in [4.78, 5) is 16.3. The van der Waals surface area contributed by atoms with Crippen LogP contribution in [0.25, 0.3) is 21.7 Å². The van der Waals surface area contributed by atoms with Gasteiger partial charge in [-0.15, -0.1) is 0 Å².